The number of halogens is 2. The minimum Gasteiger partial charge on any atom is -0.356 e. The van der Waals surface area contributed by atoms with Crippen LogP contribution in [-0.4, -0.2) is 43.7 Å². The highest BCUT2D eigenvalue weighted by Crippen LogP contribution is 2.31. The van der Waals surface area contributed by atoms with Crippen molar-refractivity contribution in [2.75, 3.05) is 31.6 Å². The Labute approximate surface area is 160 Å². The van der Waals surface area contributed by atoms with E-state index >= 15 is 0 Å². The molecular weight excluding hydrogens is 425 g/mol. The quantitative estimate of drug-likeness (QED) is 0.412. The van der Waals surface area contributed by atoms with Crippen LogP contribution < -0.4 is 15.5 Å². The Bertz CT molecular complexity index is 535. The molecule has 2 fully saturated rings. The summed E-state index contributed by atoms with van der Waals surface area (Å²) >= 11 is 6.23. The van der Waals surface area contributed by atoms with Crippen molar-refractivity contribution in [2.45, 2.75) is 31.7 Å². The SMILES string of the molecule is CN=C(NCCC1CC1)NC1CCN(c2ncccc2Cl)C1.I. The van der Waals surface area contributed by atoms with Crippen LogP contribution in [-0.2, 0) is 0 Å². The van der Waals surface area contributed by atoms with Gasteiger partial charge < -0.3 is 15.5 Å². The van der Waals surface area contributed by atoms with Gasteiger partial charge in [0.2, 0.25) is 0 Å². The van der Waals surface area contributed by atoms with Crippen LogP contribution in [0.5, 0.6) is 0 Å². The summed E-state index contributed by atoms with van der Waals surface area (Å²) in [7, 11) is 1.83. The van der Waals surface area contributed by atoms with Crippen molar-refractivity contribution < 1.29 is 0 Å². The molecule has 1 aromatic heterocycles. The van der Waals surface area contributed by atoms with Crippen LogP contribution in [0.15, 0.2) is 23.3 Å². The van der Waals surface area contributed by atoms with E-state index < -0.39 is 0 Å². The predicted molar refractivity (Wildman–Crippen MR) is 107 cm³/mol. The highest BCUT2D eigenvalue weighted by molar-refractivity contribution is 14.0. The lowest BCUT2D eigenvalue weighted by molar-refractivity contribution is 0.632. The van der Waals surface area contributed by atoms with E-state index in [0.29, 0.717) is 6.04 Å². The molecule has 0 aromatic carbocycles. The average molecular weight is 450 g/mol. The number of pyridine rings is 1. The number of aromatic nitrogens is 1. The highest BCUT2D eigenvalue weighted by atomic mass is 127. The van der Waals surface area contributed by atoms with Gasteiger partial charge in [-0.1, -0.05) is 24.4 Å². The Morgan fingerprint density at radius 2 is 2.26 bits per heavy atom. The molecule has 1 saturated carbocycles. The third kappa shape index (κ3) is 5.38. The highest BCUT2D eigenvalue weighted by Gasteiger charge is 2.25. The molecule has 0 spiro atoms. The summed E-state index contributed by atoms with van der Waals surface area (Å²) in [5, 5.41) is 7.64. The van der Waals surface area contributed by atoms with Crippen molar-refractivity contribution in [2.24, 2.45) is 10.9 Å². The maximum Gasteiger partial charge on any atom is 0.191 e. The van der Waals surface area contributed by atoms with E-state index in [2.05, 4.69) is 25.5 Å². The van der Waals surface area contributed by atoms with Crippen molar-refractivity contribution in [1.29, 1.82) is 0 Å². The van der Waals surface area contributed by atoms with Gasteiger partial charge in [-0.25, -0.2) is 4.98 Å². The molecule has 3 rings (SSSR count). The molecule has 1 aliphatic carbocycles. The van der Waals surface area contributed by atoms with Gasteiger partial charge in [0.25, 0.3) is 0 Å². The normalized spacial score (nSPS) is 21.0. The molecule has 1 atom stereocenters. The van der Waals surface area contributed by atoms with Gasteiger partial charge >= 0.3 is 0 Å². The third-order valence-corrected chi connectivity index (χ3v) is 4.63. The zero-order valence-electron chi connectivity index (χ0n) is 13.5. The van der Waals surface area contributed by atoms with E-state index in [1.54, 1.807) is 6.20 Å². The lowest BCUT2D eigenvalue weighted by atomic mass is 10.2. The molecule has 7 heteroatoms. The van der Waals surface area contributed by atoms with E-state index in [4.69, 9.17) is 11.6 Å². The number of hydrogen-bond acceptors (Lipinski definition) is 3. The molecular formula is C16H25ClIN5. The van der Waals surface area contributed by atoms with Crippen LogP contribution in [0.25, 0.3) is 0 Å². The maximum atomic E-state index is 6.23. The first kappa shape index (κ1) is 18.6. The Morgan fingerprint density at radius 3 is 2.96 bits per heavy atom. The fourth-order valence-electron chi connectivity index (χ4n) is 2.87. The van der Waals surface area contributed by atoms with Gasteiger partial charge in [0.1, 0.15) is 5.82 Å². The number of rotatable bonds is 5. The molecule has 0 bridgehead atoms. The van der Waals surface area contributed by atoms with Gasteiger partial charge in [-0.3, -0.25) is 4.99 Å². The molecule has 2 heterocycles. The van der Waals surface area contributed by atoms with Crippen molar-refractivity contribution in [3.05, 3.63) is 23.4 Å². The van der Waals surface area contributed by atoms with E-state index in [9.17, 15) is 0 Å². The van der Waals surface area contributed by atoms with Crippen LogP contribution in [0, 0.1) is 5.92 Å². The van der Waals surface area contributed by atoms with E-state index in [0.717, 1.165) is 48.8 Å². The minimum absolute atomic E-state index is 0. The molecule has 1 aliphatic heterocycles. The van der Waals surface area contributed by atoms with E-state index in [-0.39, 0.29) is 24.0 Å². The molecule has 2 aliphatic rings. The largest absolute Gasteiger partial charge is 0.356 e. The predicted octanol–water partition coefficient (Wildman–Crippen LogP) is 2.90. The first-order valence-electron chi connectivity index (χ1n) is 8.09. The third-order valence-electron chi connectivity index (χ3n) is 4.33. The summed E-state index contributed by atoms with van der Waals surface area (Å²) in [6.45, 7) is 2.88. The van der Waals surface area contributed by atoms with Crippen molar-refractivity contribution in [3.8, 4) is 0 Å². The summed E-state index contributed by atoms with van der Waals surface area (Å²) < 4.78 is 0. The summed E-state index contributed by atoms with van der Waals surface area (Å²) in [5.74, 6) is 2.73. The molecule has 128 valence electrons. The molecule has 0 radical (unpaired) electrons. The summed E-state index contributed by atoms with van der Waals surface area (Å²) in [5.41, 5.74) is 0. The monoisotopic (exact) mass is 449 g/mol. The summed E-state index contributed by atoms with van der Waals surface area (Å²) in [6.07, 6.45) is 6.91. The number of hydrogen-bond donors (Lipinski definition) is 2. The summed E-state index contributed by atoms with van der Waals surface area (Å²) in [6, 6.07) is 4.14. The Morgan fingerprint density at radius 1 is 1.43 bits per heavy atom. The second-order valence-corrected chi connectivity index (χ2v) is 6.52. The number of anilines is 1. The fourth-order valence-corrected chi connectivity index (χ4v) is 3.11. The zero-order valence-corrected chi connectivity index (χ0v) is 16.6. The first-order valence-corrected chi connectivity index (χ1v) is 8.46. The Kier molecular flexibility index (Phi) is 7.20. The topological polar surface area (TPSA) is 52.6 Å². The molecule has 1 saturated heterocycles. The summed E-state index contributed by atoms with van der Waals surface area (Å²) in [4.78, 5) is 10.9. The van der Waals surface area contributed by atoms with Crippen molar-refractivity contribution in [1.82, 2.24) is 15.6 Å². The van der Waals surface area contributed by atoms with E-state index in [1.165, 1.54) is 19.3 Å². The van der Waals surface area contributed by atoms with Crippen LogP contribution in [0.2, 0.25) is 5.02 Å². The van der Waals surface area contributed by atoms with E-state index in [1.807, 2.05) is 19.2 Å². The average Bonchev–Trinajstić information content (AvgIpc) is 3.24. The Balaban J connectivity index is 0.00000192. The molecule has 1 unspecified atom stereocenters. The van der Waals surface area contributed by atoms with Crippen LogP contribution in [0.4, 0.5) is 5.82 Å². The smallest absolute Gasteiger partial charge is 0.191 e. The second-order valence-electron chi connectivity index (χ2n) is 6.12. The zero-order chi connectivity index (χ0) is 15.4. The number of aliphatic imine (C=N–C) groups is 1. The van der Waals surface area contributed by atoms with Gasteiger partial charge in [0.15, 0.2) is 5.96 Å². The number of guanidine groups is 1. The van der Waals surface area contributed by atoms with Crippen LogP contribution in [0.3, 0.4) is 0 Å². The van der Waals surface area contributed by atoms with Crippen molar-refractivity contribution in [3.63, 3.8) is 0 Å². The molecule has 0 amide bonds. The Hall–Kier alpha value is -0.760. The lowest BCUT2D eigenvalue weighted by Crippen LogP contribution is -2.45. The number of nitrogens with one attached hydrogen (secondary N) is 2. The standard InChI is InChI=1S/C16H24ClN5.HI/c1-18-16(20-9-6-12-4-5-12)21-13-7-10-22(11-13)15-14(17)3-2-8-19-15;/h2-3,8,12-13H,4-7,9-11H2,1H3,(H2,18,20,21);1H. The van der Waals surface area contributed by atoms with Gasteiger partial charge in [0.05, 0.1) is 5.02 Å². The molecule has 5 nitrogen and oxygen atoms in total. The van der Waals surface area contributed by atoms with Gasteiger partial charge in [-0.2, -0.15) is 0 Å². The number of nitrogens with zero attached hydrogens (tertiary/aromatic N) is 3. The van der Waals surface area contributed by atoms with Gasteiger partial charge in [0, 0.05) is 38.9 Å². The maximum absolute atomic E-state index is 6.23. The molecule has 1 aromatic rings. The van der Waals surface area contributed by atoms with Crippen LogP contribution >= 0.6 is 35.6 Å². The lowest BCUT2D eigenvalue weighted by Gasteiger charge is -2.20. The fraction of sp³-hybridized carbons (Fsp3) is 0.625. The van der Waals surface area contributed by atoms with Crippen molar-refractivity contribution >= 4 is 47.4 Å². The molecule has 23 heavy (non-hydrogen) atoms. The minimum atomic E-state index is 0. The second kappa shape index (κ2) is 8.92. The van der Waals surface area contributed by atoms with Crippen LogP contribution in [0.1, 0.15) is 25.7 Å². The first-order chi connectivity index (χ1) is 10.8. The molecule has 2 N–H and O–H groups in total. The van der Waals surface area contributed by atoms with Gasteiger partial charge in [-0.05, 0) is 30.9 Å². The van der Waals surface area contributed by atoms with Gasteiger partial charge in [-0.15, -0.1) is 24.0 Å².